The molecule has 0 spiro atoms. The van der Waals surface area contributed by atoms with Gasteiger partial charge in [0.05, 0.1) is 35.9 Å². The van der Waals surface area contributed by atoms with E-state index in [4.69, 9.17) is 9.47 Å². The Kier molecular flexibility index (Phi) is 7.71. The van der Waals surface area contributed by atoms with Crippen molar-refractivity contribution in [1.82, 2.24) is 24.7 Å². The summed E-state index contributed by atoms with van der Waals surface area (Å²) >= 11 is 0. The number of imidazole rings is 1. The zero-order valence-electron chi connectivity index (χ0n) is 21.6. The molecule has 2 aromatic rings. The number of morpholine rings is 1. The van der Waals surface area contributed by atoms with Crippen molar-refractivity contribution in [2.45, 2.75) is 51.4 Å². The molecule has 2 aliphatic heterocycles. The fourth-order valence-electron chi connectivity index (χ4n) is 4.57. The van der Waals surface area contributed by atoms with Gasteiger partial charge in [0, 0.05) is 33.1 Å². The first-order valence-corrected chi connectivity index (χ1v) is 12.4. The molecule has 11 heteroatoms. The first kappa shape index (κ1) is 26.4. The average Bonchev–Trinajstić information content (AvgIpc) is 3.08. The van der Waals surface area contributed by atoms with E-state index in [9.17, 15) is 19.2 Å². The molecule has 1 unspecified atom stereocenters. The Bertz CT molecular complexity index is 1330. The van der Waals surface area contributed by atoms with Gasteiger partial charge in [-0.1, -0.05) is 17.9 Å². The Morgan fingerprint density at radius 1 is 1.27 bits per heavy atom. The second-order valence-electron chi connectivity index (χ2n) is 10.3. The van der Waals surface area contributed by atoms with Crippen LogP contribution in [-0.4, -0.2) is 76.4 Å². The Morgan fingerprint density at radius 2 is 2.05 bits per heavy atom. The number of carbonyl (C=O) groups excluding carboxylic acids is 3. The van der Waals surface area contributed by atoms with Crippen LogP contribution in [0.4, 0.5) is 4.79 Å². The number of imide groups is 1. The molecule has 1 aromatic heterocycles. The third kappa shape index (κ3) is 6.21. The summed E-state index contributed by atoms with van der Waals surface area (Å²) in [6.45, 7) is 8.12. The van der Waals surface area contributed by atoms with Crippen LogP contribution in [-0.2, 0) is 26.1 Å². The highest BCUT2D eigenvalue weighted by atomic mass is 16.6. The van der Waals surface area contributed by atoms with Gasteiger partial charge in [0.2, 0.25) is 11.8 Å². The fourth-order valence-corrected chi connectivity index (χ4v) is 4.57. The van der Waals surface area contributed by atoms with E-state index in [1.54, 1.807) is 19.2 Å². The maximum Gasteiger partial charge on any atom is 0.407 e. The molecule has 1 aromatic carbocycles. The van der Waals surface area contributed by atoms with Gasteiger partial charge in [-0.2, -0.15) is 0 Å². The van der Waals surface area contributed by atoms with Gasteiger partial charge in [-0.05, 0) is 39.3 Å². The molecular weight excluding hydrogens is 478 g/mol. The molecular formula is C26H33N5O6. The maximum atomic E-state index is 13.1. The lowest BCUT2D eigenvalue weighted by molar-refractivity contribution is -0.135. The fraction of sp³-hybridized carbons (Fsp3) is 0.538. The highest BCUT2D eigenvalue weighted by molar-refractivity contribution is 6.00. The third-order valence-corrected chi connectivity index (χ3v) is 6.25. The molecule has 37 heavy (non-hydrogen) atoms. The minimum atomic E-state index is -0.739. The number of amides is 3. The molecule has 0 saturated carbocycles. The van der Waals surface area contributed by atoms with Crippen molar-refractivity contribution < 1.29 is 23.9 Å². The minimum absolute atomic E-state index is 0.171. The molecule has 2 atom stereocenters. The molecule has 198 valence electrons. The topological polar surface area (TPSA) is 124 Å². The number of ether oxygens (including phenoxy) is 2. The van der Waals surface area contributed by atoms with Crippen LogP contribution in [0, 0.1) is 11.8 Å². The molecule has 0 aliphatic carbocycles. The number of piperidine rings is 1. The summed E-state index contributed by atoms with van der Waals surface area (Å²) in [6, 6.07) is 4.70. The van der Waals surface area contributed by atoms with Crippen LogP contribution in [0.2, 0.25) is 0 Å². The van der Waals surface area contributed by atoms with Crippen molar-refractivity contribution in [3.8, 4) is 11.8 Å². The van der Waals surface area contributed by atoms with E-state index in [-0.39, 0.29) is 30.5 Å². The van der Waals surface area contributed by atoms with Crippen molar-refractivity contribution in [2.24, 2.45) is 7.05 Å². The SMILES string of the molecule is Cn1c(=O)n(C2CCC(=O)NC2=O)c2cccc(C#CCN3CCO[C@H](CNC(=O)OC(C)(C)C)C3)c21. The number of aryl methyl sites for hydroxylation is 1. The van der Waals surface area contributed by atoms with Gasteiger partial charge in [0.1, 0.15) is 11.6 Å². The summed E-state index contributed by atoms with van der Waals surface area (Å²) in [5.41, 5.74) is 1.04. The monoisotopic (exact) mass is 511 g/mol. The predicted octanol–water partition coefficient (Wildman–Crippen LogP) is 0.895. The van der Waals surface area contributed by atoms with Crippen LogP contribution in [0.15, 0.2) is 23.0 Å². The summed E-state index contributed by atoms with van der Waals surface area (Å²) in [4.78, 5) is 51.1. The first-order chi connectivity index (χ1) is 17.5. The molecule has 2 N–H and O–H groups in total. The van der Waals surface area contributed by atoms with E-state index in [2.05, 4.69) is 27.4 Å². The van der Waals surface area contributed by atoms with Crippen molar-refractivity contribution >= 4 is 28.9 Å². The Labute approximate surface area is 215 Å². The average molecular weight is 512 g/mol. The first-order valence-electron chi connectivity index (χ1n) is 12.4. The smallest absolute Gasteiger partial charge is 0.407 e. The van der Waals surface area contributed by atoms with Gasteiger partial charge in [0.15, 0.2) is 0 Å². The van der Waals surface area contributed by atoms with E-state index in [1.165, 1.54) is 9.13 Å². The summed E-state index contributed by atoms with van der Waals surface area (Å²) < 4.78 is 14.0. The summed E-state index contributed by atoms with van der Waals surface area (Å²) in [5.74, 6) is 5.57. The number of nitrogens with zero attached hydrogens (tertiary/aromatic N) is 3. The van der Waals surface area contributed by atoms with E-state index in [0.29, 0.717) is 49.4 Å². The summed E-state index contributed by atoms with van der Waals surface area (Å²) in [6.07, 6.45) is -0.182. The van der Waals surface area contributed by atoms with Gasteiger partial charge in [-0.25, -0.2) is 9.59 Å². The number of para-hydroxylation sites is 1. The van der Waals surface area contributed by atoms with Crippen molar-refractivity contribution in [1.29, 1.82) is 0 Å². The largest absolute Gasteiger partial charge is 0.444 e. The number of rotatable bonds is 4. The van der Waals surface area contributed by atoms with Gasteiger partial charge >= 0.3 is 11.8 Å². The molecule has 2 aliphatic rings. The number of carbonyl (C=O) groups is 3. The number of aromatic nitrogens is 2. The number of hydrogen-bond donors (Lipinski definition) is 2. The normalized spacial score (nSPS) is 20.8. The molecule has 0 bridgehead atoms. The summed E-state index contributed by atoms with van der Waals surface area (Å²) in [5, 5.41) is 5.07. The predicted molar refractivity (Wildman–Crippen MR) is 136 cm³/mol. The molecule has 0 radical (unpaired) electrons. The van der Waals surface area contributed by atoms with E-state index < -0.39 is 23.6 Å². The zero-order chi connectivity index (χ0) is 26.7. The second kappa shape index (κ2) is 10.8. The maximum absolute atomic E-state index is 13.1. The molecule has 3 amide bonds. The van der Waals surface area contributed by atoms with Gasteiger partial charge in [0.25, 0.3) is 0 Å². The van der Waals surface area contributed by atoms with Gasteiger partial charge in [-0.3, -0.25) is 28.9 Å². The molecule has 2 fully saturated rings. The summed E-state index contributed by atoms with van der Waals surface area (Å²) in [7, 11) is 1.66. The lowest BCUT2D eigenvalue weighted by atomic mass is 10.1. The Morgan fingerprint density at radius 3 is 2.78 bits per heavy atom. The number of alkyl carbamates (subject to hydrolysis) is 1. The van der Waals surface area contributed by atoms with Crippen LogP contribution in [0.5, 0.6) is 0 Å². The zero-order valence-corrected chi connectivity index (χ0v) is 21.6. The number of fused-ring (bicyclic) bond motifs is 1. The molecule has 2 saturated heterocycles. The van der Waals surface area contributed by atoms with E-state index >= 15 is 0 Å². The Hall–Kier alpha value is -3.62. The van der Waals surface area contributed by atoms with Crippen LogP contribution in [0.3, 0.4) is 0 Å². The quantitative estimate of drug-likeness (QED) is 0.462. The van der Waals surface area contributed by atoms with Crippen LogP contribution < -0.4 is 16.3 Å². The van der Waals surface area contributed by atoms with Crippen LogP contribution in [0.1, 0.15) is 45.2 Å². The molecule has 4 rings (SSSR count). The number of hydrogen-bond acceptors (Lipinski definition) is 7. The van der Waals surface area contributed by atoms with Crippen molar-refractivity contribution in [3.05, 3.63) is 34.2 Å². The van der Waals surface area contributed by atoms with Crippen LogP contribution >= 0.6 is 0 Å². The van der Waals surface area contributed by atoms with Crippen molar-refractivity contribution in [3.63, 3.8) is 0 Å². The molecule has 3 heterocycles. The van der Waals surface area contributed by atoms with Crippen molar-refractivity contribution in [2.75, 3.05) is 32.8 Å². The van der Waals surface area contributed by atoms with E-state index in [0.717, 1.165) is 0 Å². The molecule has 11 nitrogen and oxygen atoms in total. The van der Waals surface area contributed by atoms with Crippen LogP contribution in [0.25, 0.3) is 11.0 Å². The van der Waals surface area contributed by atoms with Gasteiger partial charge < -0.3 is 14.8 Å². The van der Waals surface area contributed by atoms with E-state index in [1.807, 2.05) is 26.8 Å². The lowest BCUT2D eigenvalue weighted by Crippen LogP contribution is -2.48. The lowest BCUT2D eigenvalue weighted by Gasteiger charge is -2.31. The van der Waals surface area contributed by atoms with Gasteiger partial charge in [-0.15, -0.1) is 0 Å². The highest BCUT2D eigenvalue weighted by Crippen LogP contribution is 2.24. The number of benzene rings is 1. The Balaban J connectivity index is 1.45. The minimum Gasteiger partial charge on any atom is -0.444 e. The third-order valence-electron chi connectivity index (χ3n) is 6.25. The highest BCUT2D eigenvalue weighted by Gasteiger charge is 2.31. The second-order valence-corrected chi connectivity index (χ2v) is 10.3. The standard InChI is InChI=1S/C26H33N5O6/c1-26(2,3)37-24(34)27-15-18-16-30(13-14-36-18)12-6-8-17-7-5-9-19-22(17)29(4)25(35)31(19)20-10-11-21(32)28-23(20)33/h5,7,9,18,20H,10-16H2,1-4H3,(H,27,34)(H,28,32,33)/t18-,20?/m1/s1. The number of nitrogens with one attached hydrogen (secondary N) is 2.